The summed E-state index contributed by atoms with van der Waals surface area (Å²) in [4.78, 5) is 25.0. The summed E-state index contributed by atoms with van der Waals surface area (Å²) < 4.78 is 21.9. The van der Waals surface area contributed by atoms with E-state index in [4.69, 9.17) is 18.9 Å². The summed E-state index contributed by atoms with van der Waals surface area (Å²) in [5, 5.41) is 39.7. The minimum absolute atomic E-state index is 0.204. The molecule has 1 fully saturated rings. The average Bonchev–Trinajstić information content (AvgIpc) is 3.05. The lowest BCUT2D eigenvalue weighted by Crippen LogP contribution is -2.59. The molecule has 10 nitrogen and oxygen atoms in total. The molecule has 264 valence electrons. The van der Waals surface area contributed by atoms with Crippen molar-refractivity contribution in [2.24, 2.45) is 0 Å². The molecule has 1 heterocycles. The predicted molar refractivity (Wildman–Crippen MR) is 178 cm³/mol. The number of aliphatic hydroxyl groups is 4. The van der Waals surface area contributed by atoms with Crippen molar-refractivity contribution in [1.82, 2.24) is 0 Å². The highest BCUT2D eigenvalue weighted by molar-refractivity contribution is 5.70. The van der Waals surface area contributed by atoms with Gasteiger partial charge in [0.15, 0.2) is 12.4 Å². The second kappa shape index (κ2) is 27.7. The van der Waals surface area contributed by atoms with Crippen molar-refractivity contribution in [3.05, 3.63) is 49.1 Å². The maximum Gasteiger partial charge on any atom is 0.306 e. The van der Waals surface area contributed by atoms with Gasteiger partial charge in [-0.2, -0.15) is 0 Å². The summed E-state index contributed by atoms with van der Waals surface area (Å²) in [5.41, 5.74) is 0. The lowest BCUT2D eigenvalue weighted by Gasteiger charge is -2.39. The Morgan fingerprint density at radius 3 is 1.98 bits per heavy atom. The van der Waals surface area contributed by atoms with Crippen LogP contribution < -0.4 is 0 Å². The lowest BCUT2D eigenvalue weighted by molar-refractivity contribution is -0.305. The van der Waals surface area contributed by atoms with Crippen molar-refractivity contribution < 1.29 is 49.0 Å². The molecule has 0 aromatic carbocycles. The number of hydrogen-bond acceptors (Lipinski definition) is 10. The molecule has 1 saturated heterocycles. The van der Waals surface area contributed by atoms with Crippen molar-refractivity contribution >= 4 is 11.9 Å². The van der Waals surface area contributed by atoms with Gasteiger partial charge in [-0.3, -0.25) is 9.59 Å². The highest BCUT2D eigenvalue weighted by Gasteiger charge is 2.44. The first kappa shape index (κ1) is 41.7. The van der Waals surface area contributed by atoms with Gasteiger partial charge in [0.2, 0.25) is 0 Å². The van der Waals surface area contributed by atoms with E-state index in [2.05, 4.69) is 37.0 Å². The van der Waals surface area contributed by atoms with Crippen LogP contribution in [0.2, 0.25) is 0 Å². The molecule has 6 atom stereocenters. The molecule has 10 heteroatoms. The minimum Gasteiger partial charge on any atom is -0.462 e. The number of unbranched alkanes of at least 4 members (excludes halogenated alkanes) is 10. The summed E-state index contributed by atoms with van der Waals surface area (Å²) in [5.74, 6) is -0.856. The lowest BCUT2D eigenvalue weighted by atomic mass is 9.99. The summed E-state index contributed by atoms with van der Waals surface area (Å²) in [6, 6.07) is 0. The van der Waals surface area contributed by atoms with Crippen LogP contribution in [0.4, 0.5) is 0 Å². The molecule has 0 radical (unpaired) electrons. The van der Waals surface area contributed by atoms with Crippen LogP contribution in [0.1, 0.15) is 110 Å². The molecular formula is C36H60O10. The average molecular weight is 653 g/mol. The Labute approximate surface area is 276 Å². The summed E-state index contributed by atoms with van der Waals surface area (Å²) in [6.45, 7) is 4.58. The molecule has 46 heavy (non-hydrogen) atoms. The van der Waals surface area contributed by atoms with E-state index < -0.39 is 55.4 Å². The Balaban J connectivity index is 2.45. The van der Waals surface area contributed by atoms with E-state index in [0.717, 1.165) is 77.0 Å². The van der Waals surface area contributed by atoms with Crippen LogP contribution >= 0.6 is 0 Å². The van der Waals surface area contributed by atoms with Crippen LogP contribution in [-0.2, 0) is 28.5 Å². The largest absolute Gasteiger partial charge is 0.462 e. The fraction of sp³-hybridized carbons (Fsp3) is 0.722. The van der Waals surface area contributed by atoms with Gasteiger partial charge in [-0.25, -0.2) is 0 Å². The van der Waals surface area contributed by atoms with Gasteiger partial charge in [-0.05, 0) is 58.3 Å². The summed E-state index contributed by atoms with van der Waals surface area (Å²) in [6.07, 6.45) is 20.5. The van der Waals surface area contributed by atoms with Gasteiger partial charge in [0.05, 0.1) is 13.2 Å². The number of carbonyl (C=O) groups is 2. The Kier molecular flexibility index (Phi) is 25.1. The van der Waals surface area contributed by atoms with Crippen molar-refractivity contribution in [2.45, 2.75) is 146 Å². The van der Waals surface area contributed by atoms with Crippen LogP contribution in [0.5, 0.6) is 0 Å². The zero-order chi connectivity index (χ0) is 33.8. The summed E-state index contributed by atoms with van der Waals surface area (Å²) >= 11 is 0. The number of aliphatic hydroxyl groups excluding tert-OH is 4. The Hall–Kier alpha value is -2.34. The molecule has 4 N–H and O–H groups in total. The zero-order valence-electron chi connectivity index (χ0n) is 27.9. The monoisotopic (exact) mass is 652 g/mol. The quantitative estimate of drug-likeness (QED) is 0.0518. The third-order valence-electron chi connectivity index (χ3n) is 7.67. The van der Waals surface area contributed by atoms with Crippen LogP contribution in [0.25, 0.3) is 0 Å². The van der Waals surface area contributed by atoms with E-state index >= 15 is 0 Å². The van der Waals surface area contributed by atoms with E-state index in [-0.39, 0.29) is 26.1 Å². The number of rotatable bonds is 27. The number of hydrogen-bond donors (Lipinski definition) is 4. The third-order valence-corrected chi connectivity index (χ3v) is 7.67. The molecule has 0 aliphatic carbocycles. The molecule has 0 spiro atoms. The van der Waals surface area contributed by atoms with Crippen molar-refractivity contribution in [3.8, 4) is 0 Å². The molecule has 1 aliphatic rings. The molecule has 0 amide bonds. The zero-order valence-corrected chi connectivity index (χ0v) is 27.9. The van der Waals surface area contributed by atoms with Gasteiger partial charge in [0.1, 0.15) is 31.0 Å². The standard InChI is InChI=1S/C36H60O10/c1-3-5-7-9-11-13-14-15-16-17-19-21-23-25-32(39)45-29(27-43-31(38)24-22-20-18-12-10-8-6-4-2)28-44-36-35(42)34(41)33(40)30(26-37)46-36/h3-4,6-7,9,13-14,29-30,33-37,40-42H,1,5,8,10-12,15-28H2,2H3/b6-4-,9-7-,14-13-/t29-,30-,33+,34+,35-,36-/m1/s1. The van der Waals surface area contributed by atoms with E-state index in [1.807, 2.05) is 19.1 Å². The van der Waals surface area contributed by atoms with Crippen molar-refractivity contribution in [3.63, 3.8) is 0 Å². The van der Waals surface area contributed by atoms with E-state index in [1.54, 1.807) is 0 Å². The topological polar surface area (TPSA) is 152 Å². The normalized spacial score (nSPS) is 22.5. The number of allylic oxidation sites excluding steroid dienone is 7. The fourth-order valence-electron chi connectivity index (χ4n) is 4.90. The predicted octanol–water partition coefficient (Wildman–Crippen LogP) is 5.37. The smallest absolute Gasteiger partial charge is 0.306 e. The van der Waals surface area contributed by atoms with Crippen molar-refractivity contribution in [1.29, 1.82) is 0 Å². The van der Waals surface area contributed by atoms with E-state index in [0.29, 0.717) is 12.8 Å². The second-order valence-corrected chi connectivity index (χ2v) is 11.7. The highest BCUT2D eigenvalue weighted by atomic mass is 16.7. The molecule has 0 aromatic rings. The van der Waals surface area contributed by atoms with Crippen LogP contribution in [0.15, 0.2) is 49.1 Å². The van der Waals surface area contributed by atoms with Gasteiger partial charge in [-0.1, -0.05) is 81.1 Å². The fourth-order valence-corrected chi connectivity index (χ4v) is 4.90. The maximum absolute atomic E-state index is 12.6. The number of esters is 2. The Morgan fingerprint density at radius 1 is 0.739 bits per heavy atom. The van der Waals surface area contributed by atoms with Crippen molar-refractivity contribution in [2.75, 3.05) is 19.8 Å². The molecule has 0 bridgehead atoms. The van der Waals surface area contributed by atoms with E-state index in [1.165, 1.54) is 0 Å². The molecule has 1 rings (SSSR count). The SMILES string of the molecule is C=CC/C=C\C/C=C\CCCCCCCC(=O)O[C@H](COC(=O)CCCCCCC/C=C\C)CO[C@@H]1O[C@H](CO)[C@H](O)[C@H](O)[C@H]1O. The first-order valence-corrected chi connectivity index (χ1v) is 17.1. The molecular weight excluding hydrogens is 592 g/mol. The third kappa shape index (κ3) is 20.0. The van der Waals surface area contributed by atoms with Gasteiger partial charge in [-0.15, -0.1) is 6.58 Å². The minimum atomic E-state index is -1.60. The second-order valence-electron chi connectivity index (χ2n) is 11.7. The Bertz CT molecular complexity index is 884. The molecule has 1 aliphatic heterocycles. The molecule has 0 unspecified atom stereocenters. The maximum atomic E-state index is 12.6. The van der Waals surface area contributed by atoms with Gasteiger partial charge >= 0.3 is 11.9 Å². The van der Waals surface area contributed by atoms with Crippen LogP contribution in [-0.4, -0.2) is 89.0 Å². The van der Waals surface area contributed by atoms with Crippen LogP contribution in [0, 0.1) is 0 Å². The van der Waals surface area contributed by atoms with Gasteiger partial charge in [0, 0.05) is 12.8 Å². The van der Waals surface area contributed by atoms with E-state index in [9.17, 15) is 30.0 Å². The van der Waals surface area contributed by atoms with Gasteiger partial charge in [0.25, 0.3) is 0 Å². The number of ether oxygens (including phenoxy) is 4. The molecule has 0 saturated carbocycles. The first-order valence-electron chi connectivity index (χ1n) is 17.1. The first-order chi connectivity index (χ1) is 22.3. The van der Waals surface area contributed by atoms with Crippen LogP contribution in [0.3, 0.4) is 0 Å². The highest BCUT2D eigenvalue weighted by Crippen LogP contribution is 2.22. The van der Waals surface area contributed by atoms with Gasteiger partial charge < -0.3 is 39.4 Å². The molecule has 0 aromatic heterocycles. The Morgan fingerprint density at radius 2 is 1.33 bits per heavy atom. The number of carbonyl (C=O) groups excluding carboxylic acids is 2. The summed E-state index contributed by atoms with van der Waals surface area (Å²) in [7, 11) is 0.